The Morgan fingerprint density at radius 1 is 1.36 bits per heavy atom. The van der Waals surface area contributed by atoms with E-state index in [9.17, 15) is 4.79 Å². The number of nitrogens with zero attached hydrogens (tertiary/aromatic N) is 6. The van der Waals surface area contributed by atoms with Crippen LogP contribution in [0.15, 0.2) is 36.1 Å². The van der Waals surface area contributed by atoms with Crippen molar-refractivity contribution in [2.24, 2.45) is 0 Å². The molecule has 146 valence electrons. The summed E-state index contributed by atoms with van der Waals surface area (Å²) >= 11 is 1.45. The van der Waals surface area contributed by atoms with Crippen LogP contribution in [0.25, 0.3) is 16.4 Å². The number of rotatable bonds is 5. The minimum Gasteiger partial charge on any atom is -0.332 e. The Bertz CT molecular complexity index is 931. The Kier molecular flexibility index (Phi) is 5.45. The van der Waals surface area contributed by atoms with Crippen LogP contribution in [0.4, 0.5) is 0 Å². The molecule has 0 aliphatic carbocycles. The molecule has 0 atom stereocenters. The summed E-state index contributed by atoms with van der Waals surface area (Å²) in [6, 6.07) is 4.05. The summed E-state index contributed by atoms with van der Waals surface area (Å²) in [4.78, 5) is 19.8. The molecule has 3 aromatic heterocycles. The van der Waals surface area contributed by atoms with Crippen molar-refractivity contribution in [1.29, 1.82) is 0 Å². The zero-order valence-electron chi connectivity index (χ0n) is 15.9. The molecule has 0 spiro atoms. The second-order valence-corrected chi connectivity index (χ2v) is 7.94. The van der Waals surface area contributed by atoms with Gasteiger partial charge in [-0.1, -0.05) is 0 Å². The van der Waals surface area contributed by atoms with Gasteiger partial charge in [0.2, 0.25) is 0 Å². The van der Waals surface area contributed by atoms with Gasteiger partial charge in [0, 0.05) is 35.4 Å². The smallest absolute Gasteiger partial charge is 0.273 e. The first-order valence-electron chi connectivity index (χ1n) is 9.45. The highest BCUT2D eigenvalue weighted by Gasteiger charge is 2.29. The molecule has 1 amide bonds. The monoisotopic (exact) mass is 397 g/mol. The van der Waals surface area contributed by atoms with Crippen molar-refractivity contribution < 1.29 is 4.79 Å². The molecule has 1 N–H and O–H groups in total. The van der Waals surface area contributed by atoms with Gasteiger partial charge in [-0.15, -0.1) is 16.4 Å². The molecule has 28 heavy (non-hydrogen) atoms. The summed E-state index contributed by atoms with van der Waals surface area (Å²) in [6.45, 7) is 6.03. The van der Waals surface area contributed by atoms with Gasteiger partial charge in [0.15, 0.2) is 5.82 Å². The van der Waals surface area contributed by atoms with Gasteiger partial charge in [-0.05, 0) is 51.9 Å². The number of hydrogen-bond donors (Lipinski definition) is 1. The van der Waals surface area contributed by atoms with Crippen molar-refractivity contribution in [3.8, 4) is 16.4 Å². The molecule has 0 saturated carbocycles. The maximum atomic E-state index is 13.2. The van der Waals surface area contributed by atoms with Gasteiger partial charge in [-0.25, -0.2) is 9.67 Å². The van der Waals surface area contributed by atoms with Crippen molar-refractivity contribution in [2.45, 2.75) is 38.8 Å². The molecular formula is C19H23N7OS. The number of carbonyl (C=O) groups excluding carboxylic acids is 1. The summed E-state index contributed by atoms with van der Waals surface area (Å²) in [6.07, 6.45) is 7.16. The van der Waals surface area contributed by atoms with Gasteiger partial charge in [0.1, 0.15) is 10.7 Å². The summed E-state index contributed by atoms with van der Waals surface area (Å²) in [5.74, 6) is 0.643. The van der Waals surface area contributed by atoms with Crippen molar-refractivity contribution in [3.63, 3.8) is 0 Å². The maximum Gasteiger partial charge on any atom is 0.273 e. The number of thiazole rings is 1. The van der Waals surface area contributed by atoms with Gasteiger partial charge in [0.05, 0.1) is 6.20 Å². The van der Waals surface area contributed by atoms with Crippen LogP contribution < -0.4 is 5.32 Å². The molecular weight excluding hydrogens is 374 g/mol. The first-order chi connectivity index (χ1) is 13.6. The zero-order valence-corrected chi connectivity index (χ0v) is 16.8. The van der Waals surface area contributed by atoms with Crippen molar-refractivity contribution in [2.75, 3.05) is 13.1 Å². The van der Waals surface area contributed by atoms with Crippen LogP contribution in [-0.2, 0) is 0 Å². The Hall–Kier alpha value is -2.65. The SMILES string of the molecule is CC(C)N(C(=O)c1csc(-c2cnn(-c3cccnn3)c2)n1)C1CCNCC1. The number of amides is 1. The number of aromatic nitrogens is 5. The van der Waals surface area contributed by atoms with Crippen LogP contribution in [0.2, 0.25) is 0 Å². The van der Waals surface area contributed by atoms with Gasteiger partial charge < -0.3 is 10.2 Å². The minimum absolute atomic E-state index is 0.00529. The number of carbonyl (C=O) groups is 1. The highest BCUT2D eigenvalue weighted by molar-refractivity contribution is 7.13. The van der Waals surface area contributed by atoms with Crippen LogP contribution in [0.5, 0.6) is 0 Å². The number of piperidine rings is 1. The van der Waals surface area contributed by atoms with Gasteiger partial charge >= 0.3 is 0 Å². The Balaban J connectivity index is 1.55. The lowest BCUT2D eigenvalue weighted by Crippen LogP contribution is -2.49. The summed E-state index contributed by atoms with van der Waals surface area (Å²) in [5.41, 5.74) is 1.35. The van der Waals surface area contributed by atoms with E-state index < -0.39 is 0 Å². The highest BCUT2D eigenvalue weighted by atomic mass is 32.1. The maximum absolute atomic E-state index is 13.2. The molecule has 1 fully saturated rings. The molecule has 0 radical (unpaired) electrons. The quantitative estimate of drug-likeness (QED) is 0.711. The van der Waals surface area contributed by atoms with Crippen molar-refractivity contribution >= 4 is 17.2 Å². The molecule has 0 aromatic carbocycles. The molecule has 0 unspecified atom stereocenters. The molecule has 3 aromatic rings. The van der Waals surface area contributed by atoms with Crippen LogP contribution in [0, 0.1) is 0 Å². The lowest BCUT2D eigenvalue weighted by molar-refractivity contribution is 0.0560. The largest absolute Gasteiger partial charge is 0.332 e. The van der Waals surface area contributed by atoms with E-state index in [2.05, 4.69) is 39.4 Å². The van der Waals surface area contributed by atoms with Crippen molar-refractivity contribution in [3.05, 3.63) is 41.8 Å². The second kappa shape index (κ2) is 8.15. The fourth-order valence-electron chi connectivity index (χ4n) is 3.52. The van der Waals surface area contributed by atoms with E-state index in [0.29, 0.717) is 11.5 Å². The average molecular weight is 398 g/mol. The summed E-state index contributed by atoms with van der Waals surface area (Å²) in [5, 5.41) is 18.2. The number of nitrogens with one attached hydrogen (secondary N) is 1. The highest BCUT2D eigenvalue weighted by Crippen LogP contribution is 2.26. The summed E-state index contributed by atoms with van der Waals surface area (Å²) < 4.78 is 1.65. The molecule has 0 bridgehead atoms. The van der Waals surface area contributed by atoms with Gasteiger partial charge in [-0.3, -0.25) is 4.79 Å². The second-order valence-electron chi connectivity index (χ2n) is 7.08. The first-order valence-corrected chi connectivity index (χ1v) is 10.3. The predicted octanol–water partition coefficient (Wildman–Crippen LogP) is 2.39. The average Bonchev–Trinajstić information content (AvgIpc) is 3.39. The standard InChI is InChI=1S/C19H23N7OS/c1-13(2)26(15-5-8-20-9-6-15)19(27)16-12-28-18(23-16)14-10-22-25(11-14)17-4-3-7-21-24-17/h3-4,7,10-13,15,20H,5-6,8-9H2,1-2H3. The van der Waals surface area contributed by atoms with Crippen molar-refractivity contribution in [1.82, 2.24) is 35.2 Å². The van der Waals surface area contributed by atoms with E-state index in [1.165, 1.54) is 11.3 Å². The molecule has 8 nitrogen and oxygen atoms in total. The fraction of sp³-hybridized carbons (Fsp3) is 0.421. The molecule has 1 aliphatic rings. The first kappa shape index (κ1) is 18.7. The lowest BCUT2D eigenvalue weighted by Gasteiger charge is -2.37. The van der Waals surface area contributed by atoms with Crippen LogP contribution in [0.3, 0.4) is 0 Å². The van der Waals surface area contributed by atoms with E-state index in [1.54, 1.807) is 17.1 Å². The van der Waals surface area contributed by atoms with Crippen LogP contribution in [-0.4, -0.2) is 60.9 Å². The molecule has 9 heteroatoms. The summed E-state index contributed by atoms with van der Waals surface area (Å²) in [7, 11) is 0. The zero-order chi connectivity index (χ0) is 19.5. The third kappa shape index (κ3) is 3.81. The van der Waals surface area contributed by atoms with E-state index in [1.807, 2.05) is 28.6 Å². The molecule has 4 rings (SSSR count). The van der Waals surface area contributed by atoms with Gasteiger partial charge in [0.25, 0.3) is 5.91 Å². The number of hydrogen-bond acceptors (Lipinski definition) is 7. The predicted molar refractivity (Wildman–Crippen MR) is 107 cm³/mol. The van der Waals surface area contributed by atoms with Crippen LogP contribution >= 0.6 is 11.3 Å². The van der Waals surface area contributed by atoms with Gasteiger partial charge in [-0.2, -0.15) is 10.2 Å². The lowest BCUT2D eigenvalue weighted by atomic mass is 10.0. The van der Waals surface area contributed by atoms with E-state index >= 15 is 0 Å². The minimum atomic E-state index is 0.00529. The third-order valence-corrected chi connectivity index (χ3v) is 5.73. The van der Waals surface area contributed by atoms with E-state index in [4.69, 9.17) is 0 Å². The molecule has 1 saturated heterocycles. The Morgan fingerprint density at radius 3 is 2.89 bits per heavy atom. The Labute approximate surface area is 167 Å². The van der Waals surface area contributed by atoms with Crippen LogP contribution in [0.1, 0.15) is 37.2 Å². The molecule has 1 aliphatic heterocycles. The van der Waals surface area contributed by atoms with E-state index in [-0.39, 0.29) is 18.0 Å². The third-order valence-electron chi connectivity index (χ3n) is 4.84. The fourth-order valence-corrected chi connectivity index (χ4v) is 4.29. The normalized spacial score (nSPS) is 15.1. The molecule has 4 heterocycles. The topological polar surface area (TPSA) is 88.8 Å². The van der Waals surface area contributed by atoms with E-state index in [0.717, 1.165) is 36.5 Å². The Morgan fingerprint density at radius 2 is 2.18 bits per heavy atom.